The third-order valence-electron chi connectivity index (χ3n) is 2.74. The van der Waals surface area contributed by atoms with E-state index in [0.29, 0.717) is 19.6 Å². The van der Waals surface area contributed by atoms with Gasteiger partial charge >= 0.3 is 0 Å². The minimum Gasteiger partial charge on any atom is -0.508 e. The number of carbonyl (C=O) groups excluding carboxylic acids is 1. The van der Waals surface area contributed by atoms with Crippen molar-refractivity contribution >= 4 is 5.91 Å². The molecule has 0 heterocycles. The van der Waals surface area contributed by atoms with Crippen LogP contribution in [0.4, 0.5) is 0 Å². The van der Waals surface area contributed by atoms with Crippen molar-refractivity contribution in [3.63, 3.8) is 0 Å². The van der Waals surface area contributed by atoms with Gasteiger partial charge in [-0.15, -0.1) is 0 Å². The minimum atomic E-state index is -0.599. The maximum Gasteiger partial charge on any atom is 0.237 e. The summed E-state index contributed by atoms with van der Waals surface area (Å²) in [5.41, 5.74) is 6.75. The topological polar surface area (TPSA) is 84.6 Å². The van der Waals surface area contributed by atoms with Gasteiger partial charge in [0, 0.05) is 13.2 Å². The van der Waals surface area contributed by atoms with Crippen LogP contribution in [0.2, 0.25) is 0 Å². The normalized spacial score (nSPS) is 13.8. The SMILES string of the molecule is CCOC(C)CNC(=O)[C@H](N)Cc1ccc(O)cc1. The molecular weight excluding hydrogens is 244 g/mol. The first-order chi connectivity index (χ1) is 9.02. The molecule has 1 aromatic carbocycles. The van der Waals surface area contributed by atoms with Crippen molar-refractivity contribution in [1.82, 2.24) is 5.32 Å². The lowest BCUT2D eigenvalue weighted by molar-refractivity contribution is -0.122. The van der Waals surface area contributed by atoms with Crippen LogP contribution in [-0.2, 0) is 16.0 Å². The Kier molecular flexibility index (Phi) is 6.32. The Labute approximate surface area is 113 Å². The van der Waals surface area contributed by atoms with Gasteiger partial charge in [-0.25, -0.2) is 0 Å². The lowest BCUT2D eigenvalue weighted by Gasteiger charge is -2.16. The molecule has 0 aliphatic carbocycles. The number of benzene rings is 1. The van der Waals surface area contributed by atoms with Crippen LogP contribution < -0.4 is 11.1 Å². The van der Waals surface area contributed by atoms with Gasteiger partial charge < -0.3 is 20.9 Å². The van der Waals surface area contributed by atoms with Crippen LogP contribution in [0.25, 0.3) is 0 Å². The maximum atomic E-state index is 11.8. The monoisotopic (exact) mass is 266 g/mol. The highest BCUT2D eigenvalue weighted by Crippen LogP contribution is 2.10. The Balaban J connectivity index is 2.38. The molecule has 0 spiro atoms. The zero-order valence-electron chi connectivity index (χ0n) is 11.4. The number of carbonyl (C=O) groups is 1. The Hall–Kier alpha value is -1.59. The van der Waals surface area contributed by atoms with E-state index in [1.807, 2.05) is 13.8 Å². The number of nitrogens with one attached hydrogen (secondary N) is 1. The Morgan fingerprint density at radius 2 is 2.05 bits per heavy atom. The van der Waals surface area contributed by atoms with Crippen molar-refractivity contribution in [2.75, 3.05) is 13.2 Å². The van der Waals surface area contributed by atoms with Gasteiger partial charge in [-0.1, -0.05) is 12.1 Å². The van der Waals surface area contributed by atoms with Crippen LogP contribution in [0, 0.1) is 0 Å². The first-order valence-corrected chi connectivity index (χ1v) is 6.45. The standard InChI is InChI=1S/C14H22N2O3/c1-3-19-10(2)9-16-14(18)13(15)8-11-4-6-12(17)7-5-11/h4-7,10,13,17H,3,8-9,15H2,1-2H3,(H,16,18)/t10?,13-/m1/s1. The smallest absolute Gasteiger partial charge is 0.237 e. The molecule has 0 fully saturated rings. The fourth-order valence-electron chi connectivity index (χ4n) is 1.70. The largest absolute Gasteiger partial charge is 0.508 e. The highest BCUT2D eigenvalue weighted by Gasteiger charge is 2.14. The summed E-state index contributed by atoms with van der Waals surface area (Å²) in [7, 11) is 0. The van der Waals surface area contributed by atoms with Crippen molar-refractivity contribution in [3.8, 4) is 5.75 Å². The average molecular weight is 266 g/mol. The molecule has 19 heavy (non-hydrogen) atoms. The van der Waals surface area contributed by atoms with Gasteiger partial charge in [0.25, 0.3) is 0 Å². The summed E-state index contributed by atoms with van der Waals surface area (Å²) in [6.07, 6.45) is 0.421. The number of hydrogen-bond acceptors (Lipinski definition) is 4. The van der Waals surface area contributed by atoms with Gasteiger partial charge in [0.05, 0.1) is 12.1 Å². The second-order valence-corrected chi connectivity index (χ2v) is 4.49. The molecule has 0 radical (unpaired) electrons. The van der Waals surface area contributed by atoms with Crippen LogP contribution in [-0.4, -0.2) is 36.3 Å². The third kappa shape index (κ3) is 5.72. The molecule has 4 N–H and O–H groups in total. The van der Waals surface area contributed by atoms with Crippen molar-refractivity contribution in [3.05, 3.63) is 29.8 Å². The van der Waals surface area contributed by atoms with Gasteiger partial charge in [0.15, 0.2) is 0 Å². The number of nitrogens with two attached hydrogens (primary N) is 1. The summed E-state index contributed by atoms with van der Waals surface area (Å²) >= 11 is 0. The van der Waals surface area contributed by atoms with Crippen LogP contribution in [0.5, 0.6) is 5.75 Å². The molecule has 2 atom stereocenters. The summed E-state index contributed by atoms with van der Waals surface area (Å²) < 4.78 is 5.32. The van der Waals surface area contributed by atoms with Crippen LogP contribution in [0.15, 0.2) is 24.3 Å². The third-order valence-corrected chi connectivity index (χ3v) is 2.74. The summed E-state index contributed by atoms with van der Waals surface area (Å²) in [5.74, 6) is 0.00643. The van der Waals surface area contributed by atoms with E-state index in [2.05, 4.69) is 5.32 Å². The van der Waals surface area contributed by atoms with Gasteiger partial charge in [-0.3, -0.25) is 4.79 Å². The Morgan fingerprint density at radius 1 is 1.42 bits per heavy atom. The molecule has 1 unspecified atom stereocenters. The predicted molar refractivity (Wildman–Crippen MR) is 73.9 cm³/mol. The molecule has 0 bridgehead atoms. The predicted octanol–water partition coefficient (Wildman–Crippen LogP) is 0.803. The van der Waals surface area contributed by atoms with Crippen molar-refractivity contribution in [2.24, 2.45) is 5.73 Å². The Morgan fingerprint density at radius 3 is 2.63 bits per heavy atom. The number of rotatable bonds is 7. The molecule has 0 saturated carbocycles. The van der Waals surface area contributed by atoms with Gasteiger partial charge in [0.1, 0.15) is 5.75 Å². The van der Waals surface area contributed by atoms with E-state index in [4.69, 9.17) is 10.5 Å². The highest BCUT2D eigenvalue weighted by molar-refractivity contribution is 5.81. The second kappa shape index (κ2) is 7.76. The molecule has 0 saturated heterocycles. The molecule has 5 nitrogen and oxygen atoms in total. The molecule has 1 amide bonds. The first kappa shape index (κ1) is 15.5. The average Bonchev–Trinajstić information content (AvgIpc) is 2.39. The quantitative estimate of drug-likeness (QED) is 0.681. The maximum absolute atomic E-state index is 11.8. The van der Waals surface area contributed by atoms with E-state index in [9.17, 15) is 9.90 Å². The summed E-state index contributed by atoms with van der Waals surface area (Å²) in [6.45, 7) is 4.89. The van der Waals surface area contributed by atoms with Crippen molar-refractivity contribution in [1.29, 1.82) is 0 Å². The van der Waals surface area contributed by atoms with Crippen LogP contribution in [0.3, 0.4) is 0 Å². The lowest BCUT2D eigenvalue weighted by Crippen LogP contribution is -2.44. The van der Waals surface area contributed by atoms with Gasteiger partial charge in [0.2, 0.25) is 5.91 Å². The highest BCUT2D eigenvalue weighted by atomic mass is 16.5. The van der Waals surface area contributed by atoms with E-state index >= 15 is 0 Å². The second-order valence-electron chi connectivity index (χ2n) is 4.49. The fourth-order valence-corrected chi connectivity index (χ4v) is 1.70. The van der Waals surface area contributed by atoms with E-state index in [1.54, 1.807) is 24.3 Å². The number of ether oxygens (including phenoxy) is 1. The summed E-state index contributed by atoms with van der Waals surface area (Å²) in [5, 5.41) is 11.9. The molecular formula is C14H22N2O3. The van der Waals surface area contributed by atoms with E-state index in [0.717, 1.165) is 5.56 Å². The molecule has 0 aromatic heterocycles. The zero-order valence-corrected chi connectivity index (χ0v) is 11.4. The Bertz CT molecular complexity index is 392. The molecule has 1 rings (SSSR count). The number of phenols is 1. The minimum absolute atomic E-state index is 0.0187. The number of amides is 1. The zero-order chi connectivity index (χ0) is 14.3. The molecule has 106 valence electrons. The van der Waals surface area contributed by atoms with Crippen molar-refractivity contribution in [2.45, 2.75) is 32.4 Å². The molecule has 5 heteroatoms. The number of aromatic hydroxyl groups is 1. The number of phenolic OH excluding ortho intramolecular Hbond substituents is 1. The van der Waals surface area contributed by atoms with E-state index in [-0.39, 0.29) is 17.8 Å². The molecule has 0 aliphatic heterocycles. The lowest BCUT2D eigenvalue weighted by atomic mass is 10.1. The molecule has 0 aliphatic rings. The van der Waals surface area contributed by atoms with E-state index in [1.165, 1.54) is 0 Å². The van der Waals surface area contributed by atoms with Gasteiger partial charge in [-0.2, -0.15) is 0 Å². The van der Waals surface area contributed by atoms with Crippen LogP contribution in [0.1, 0.15) is 19.4 Å². The molecule has 1 aromatic rings. The van der Waals surface area contributed by atoms with Gasteiger partial charge in [-0.05, 0) is 38.0 Å². The van der Waals surface area contributed by atoms with E-state index < -0.39 is 6.04 Å². The number of hydrogen-bond donors (Lipinski definition) is 3. The first-order valence-electron chi connectivity index (χ1n) is 6.45. The summed E-state index contributed by atoms with van der Waals surface area (Å²) in [4.78, 5) is 11.8. The van der Waals surface area contributed by atoms with Crippen LogP contribution >= 0.6 is 0 Å². The fraction of sp³-hybridized carbons (Fsp3) is 0.500. The van der Waals surface area contributed by atoms with Crippen molar-refractivity contribution < 1.29 is 14.6 Å². The summed E-state index contributed by atoms with van der Waals surface area (Å²) in [6, 6.07) is 6.07.